The number of rotatable bonds is 9. The van der Waals surface area contributed by atoms with Crippen molar-refractivity contribution in [1.29, 1.82) is 0 Å². The molecule has 1 aliphatic heterocycles. The van der Waals surface area contributed by atoms with E-state index in [2.05, 4.69) is 43.2 Å². The standard InChI is InChI=1S/C22H38N4O3/c1-8-23-22(25-19-14-26(15(2)3)13-16(19)4)24-10-9-18-20(28-6)11-17(27-5)12-21(18)29-7/h11-12,15-16,19H,8-10,13-14H2,1-7H3,(H2,23,24,25). The van der Waals surface area contributed by atoms with Gasteiger partial charge in [-0.05, 0) is 33.1 Å². The fraction of sp³-hybridized carbons (Fsp3) is 0.682. The van der Waals surface area contributed by atoms with E-state index >= 15 is 0 Å². The molecule has 7 heteroatoms. The Balaban J connectivity index is 2.08. The van der Waals surface area contributed by atoms with E-state index in [1.54, 1.807) is 21.3 Å². The van der Waals surface area contributed by atoms with Gasteiger partial charge in [-0.3, -0.25) is 9.89 Å². The third-order valence-corrected chi connectivity index (χ3v) is 5.49. The minimum Gasteiger partial charge on any atom is -0.496 e. The largest absolute Gasteiger partial charge is 0.496 e. The summed E-state index contributed by atoms with van der Waals surface area (Å²) in [6.45, 7) is 12.5. The van der Waals surface area contributed by atoms with E-state index in [1.165, 1.54) is 0 Å². The van der Waals surface area contributed by atoms with Crippen LogP contribution in [-0.4, -0.2) is 70.5 Å². The maximum atomic E-state index is 5.55. The highest BCUT2D eigenvalue weighted by Crippen LogP contribution is 2.34. The summed E-state index contributed by atoms with van der Waals surface area (Å²) in [6.07, 6.45) is 0.714. The van der Waals surface area contributed by atoms with Crippen LogP contribution in [0.2, 0.25) is 0 Å². The lowest BCUT2D eigenvalue weighted by Gasteiger charge is -2.22. The molecule has 1 fully saturated rings. The lowest BCUT2D eigenvalue weighted by molar-refractivity contribution is 0.265. The molecule has 0 aliphatic carbocycles. The number of nitrogens with one attached hydrogen (secondary N) is 2. The molecule has 0 aromatic heterocycles. The third kappa shape index (κ3) is 6.16. The number of hydrogen-bond donors (Lipinski definition) is 2. The average Bonchev–Trinajstić information content (AvgIpc) is 3.08. The minimum atomic E-state index is 0.403. The van der Waals surface area contributed by atoms with Gasteiger partial charge in [0, 0.05) is 56.0 Å². The summed E-state index contributed by atoms with van der Waals surface area (Å²) in [7, 11) is 4.96. The number of hydrogen-bond acceptors (Lipinski definition) is 5. The molecule has 2 N–H and O–H groups in total. The van der Waals surface area contributed by atoms with Crippen LogP contribution in [0.5, 0.6) is 17.2 Å². The highest BCUT2D eigenvalue weighted by Gasteiger charge is 2.31. The van der Waals surface area contributed by atoms with Gasteiger partial charge in [-0.1, -0.05) is 6.92 Å². The Labute approximate surface area is 175 Å². The Bertz CT molecular complexity index is 653. The van der Waals surface area contributed by atoms with E-state index in [0.29, 0.717) is 36.7 Å². The van der Waals surface area contributed by atoms with Crippen molar-refractivity contribution in [2.75, 3.05) is 47.5 Å². The van der Waals surface area contributed by atoms with Gasteiger partial charge in [0.25, 0.3) is 0 Å². The molecule has 1 aromatic carbocycles. The van der Waals surface area contributed by atoms with Crippen molar-refractivity contribution in [2.24, 2.45) is 10.9 Å². The van der Waals surface area contributed by atoms with Crippen molar-refractivity contribution in [2.45, 2.75) is 46.2 Å². The Morgan fingerprint density at radius 1 is 1.14 bits per heavy atom. The van der Waals surface area contributed by atoms with Crippen LogP contribution in [-0.2, 0) is 6.42 Å². The van der Waals surface area contributed by atoms with Crippen molar-refractivity contribution in [3.8, 4) is 17.2 Å². The van der Waals surface area contributed by atoms with Gasteiger partial charge < -0.3 is 24.8 Å². The second-order valence-electron chi connectivity index (χ2n) is 7.80. The van der Waals surface area contributed by atoms with Gasteiger partial charge in [-0.15, -0.1) is 0 Å². The molecule has 1 aliphatic rings. The third-order valence-electron chi connectivity index (χ3n) is 5.49. The van der Waals surface area contributed by atoms with Crippen molar-refractivity contribution < 1.29 is 14.2 Å². The second-order valence-corrected chi connectivity index (χ2v) is 7.80. The highest BCUT2D eigenvalue weighted by atomic mass is 16.5. The van der Waals surface area contributed by atoms with Crippen LogP contribution in [0.4, 0.5) is 0 Å². The normalized spacial score (nSPS) is 20.1. The molecule has 0 spiro atoms. The minimum absolute atomic E-state index is 0.403. The molecule has 7 nitrogen and oxygen atoms in total. The topological polar surface area (TPSA) is 67.4 Å². The highest BCUT2D eigenvalue weighted by molar-refractivity contribution is 5.80. The summed E-state index contributed by atoms with van der Waals surface area (Å²) in [4.78, 5) is 7.32. The van der Waals surface area contributed by atoms with Crippen LogP contribution in [0.1, 0.15) is 33.3 Å². The molecule has 0 saturated carbocycles. The van der Waals surface area contributed by atoms with Gasteiger partial charge in [0.15, 0.2) is 5.96 Å². The maximum absolute atomic E-state index is 5.55. The number of ether oxygens (including phenoxy) is 3. The number of nitrogens with zero attached hydrogens (tertiary/aromatic N) is 2. The molecule has 2 atom stereocenters. The van der Waals surface area contributed by atoms with Crippen LogP contribution >= 0.6 is 0 Å². The number of likely N-dealkylation sites (tertiary alicyclic amines) is 1. The van der Waals surface area contributed by atoms with Gasteiger partial charge in [0.2, 0.25) is 0 Å². The number of methoxy groups -OCH3 is 3. The Morgan fingerprint density at radius 3 is 2.28 bits per heavy atom. The predicted octanol–water partition coefficient (Wildman–Crippen LogP) is 2.54. The smallest absolute Gasteiger partial charge is 0.191 e. The fourth-order valence-electron chi connectivity index (χ4n) is 3.71. The molecule has 0 radical (unpaired) electrons. The van der Waals surface area contributed by atoms with Gasteiger partial charge in [-0.25, -0.2) is 0 Å². The Kier molecular flexibility index (Phi) is 8.89. The van der Waals surface area contributed by atoms with Crippen LogP contribution in [0.25, 0.3) is 0 Å². The first kappa shape index (κ1) is 23.1. The first-order chi connectivity index (χ1) is 13.9. The zero-order chi connectivity index (χ0) is 21.4. The summed E-state index contributed by atoms with van der Waals surface area (Å²) in [5.41, 5.74) is 0.996. The van der Waals surface area contributed by atoms with Gasteiger partial charge in [0.1, 0.15) is 17.2 Å². The van der Waals surface area contributed by atoms with Crippen molar-refractivity contribution in [3.63, 3.8) is 0 Å². The van der Waals surface area contributed by atoms with Crippen molar-refractivity contribution in [1.82, 2.24) is 15.5 Å². The molecule has 0 bridgehead atoms. The molecule has 164 valence electrons. The lowest BCUT2D eigenvalue weighted by atomic mass is 10.1. The quantitative estimate of drug-likeness (QED) is 0.485. The molecule has 1 heterocycles. The Hall–Kier alpha value is -2.15. The molecular weight excluding hydrogens is 368 g/mol. The van der Waals surface area contributed by atoms with Crippen molar-refractivity contribution in [3.05, 3.63) is 17.7 Å². The lowest BCUT2D eigenvalue weighted by Crippen LogP contribution is -2.47. The summed E-state index contributed by atoms with van der Waals surface area (Å²) in [5.74, 6) is 3.67. The zero-order valence-electron chi connectivity index (χ0n) is 19.0. The van der Waals surface area contributed by atoms with E-state index in [4.69, 9.17) is 19.2 Å². The fourth-order valence-corrected chi connectivity index (χ4v) is 3.71. The molecule has 0 amide bonds. The first-order valence-corrected chi connectivity index (χ1v) is 10.5. The van der Waals surface area contributed by atoms with Gasteiger partial charge >= 0.3 is 0 Å². The van der Waals surface area contributed by atoms with E-state index in [0.717, 1.165) is 42.7 Å². The number of aliphatic imine (C=N–C) groups is 1. The molecule has 1 saturated heterocycles. The molecule has 29 heavy (non-hydrogen) atoms. The predicted molar refractivity (Wildman–Crippen MR) is 119 cm³/mol. The van der Waals surface area contributed by atoms with Gasteiger partial charge in [0.05, 0.1) is 21.3 Å². The van der Waals surface area contributed by atoms with E-state index in [-0.39, 0.29) is 0 Å². The molecule has 2 unspecified atom stereocenters. The number of guanidine groups is 1. The second kappa shape index (κ2) is 11.1. The van der Waals surface area contributed by atoms with Gasteiger partial charge in [-0.2, -0.15) is 0 Å². The van der Waals surface area contributed by atoms with Crippen LogP contribution in [0.15, 0.2) is 17.1 Å². The van der Waals surface area contributed by atoms with E-state index in [9.17, 15) is 0 Å². The summed E-state index contributed by atoms with van der Waals surface area (Å²) < 4.78 is 16.4. The monoisotopic (exact) mass is 406 g/mol. The first-order valence-electron chi connectivity index (χ1n) is 10.5. The zero-order valence-corrected chi connectivity index (χ0v) is 19.0. The van der Waals surface area contributed by atoms with E-state index in [1.807, 2.05) is 12.1 Å². The summed E-state index contributed by atoms with van der Waals surface area (Å²) >= 11 is 0. The molecule has 1 aromatic rings. The van der Waals surface area contributed by atoms with Crippen LogP contribution in [0, 0.1) is 5.92 Å². The Morgan fingerprint density at radius 2 is 1.79 bits per heavy atom. The van der Waals surface area contributed by atoms with E-state index < -0.39 is 0 Å². The van der Waals surface area contributed by atoms with Crippen LogP contribution in [0.3, 0.4) is 0 Å². The van der Waals surface area contributed by atoms with Crippen LogP contribution < -0.4 is 24.8 Å². The maximum Gasteiger partial charge on any atom is 0.191 e. The molecule has 2 rings (SSSR count). The number of benzene rings is 1. The summed E-state index contributed by atoms with van der Waals surface area (Å²) in [6, 6.07) is 4.73. The summed E-state index contributed by atoms with van der Waals surface area (Å²) in [5, 5.41) is 7.00. The molecular formula is C22H38N4O3. The SMILES string of the molecule is CCNC(=NCCc1c(OC)cc(OC)cc1OC)NC1CN(C(C)C)CC1C. The average molecular weight is 407 g/mol. The van der Waals surface area contributed by atoms with Crippen molar-refractivity contribution >= 4 is 5.96 Å².